The summed E-state index contributed by atoms with van der Waals surface area (Å²) >= 11 is 0. The van der Waals surface area contributed by atoms with E-state index in [1.807, 2.05) is 11.8 Å². The molecule has 2 N–H and O–H groups in total. The van der Waals surface area contributed by atoms with Crippen molar-refractivity contribution in [3.05, 3.63) is 46.3 Å². The zero-order chi connectivity index (χ0) is 22.3. The van der Waals surface area contributed by atoms with Crippen molar-refractivity contribution < 1.29 is 19.4 Å². The molecule has 1 saturated heterocycles. The highest BCUT2D eigenvalue weighted by molar-refractivity contribution is 6.05. The molecule has 0 spiro atoms. The van der Waals surface area contributed by atoms with E-state index in [1.54, 1.807) is 18.2 Å². The fraction of sp³-hybridized carbons (Fsp3) is 0.520. The topological polar surface area (TPSA) is 78.9 Å². The minimum absolute atomic E-state index is 0.00840. The van der Waals surface area contributed by atoms with Gasteiger partial charge in [-0.1, -0.05) is 19.9 Å². The van der Waals surface area contributed by atoms with Crippen molar-refractivity contribution in [1.29, 1.82) is 0 Å². The first kappa shape index (κ1) is 21.5. The first-order valence-corrected chi connectivity index (χ1v) is 11.1. The number of Topliss-reactive ketones (excluding diaryl/α,β-unsaturated/α-hetero) is 1. The van der Waals surface area contributed by atoms with Crippen molar-refractivity contribution in [1.82, 2.24) is 10.2 Å². The van der Waals surface area contributed by atoms with E-state index in [0.717, 1.165) is 55.7 Å². The molecule has 0 saturated carbocycles. The molecule has 2 aliphatic heterocycles. The summed E-state index contributed by atoms with van der Waals surface area (Å²) in [6.45, 7) is 7.62. The van der Waals surface area contributed by atoms with Gasteiger partial charge in [0.25, 0.3) is 5.91 Å². The SMILES string of the molecule is COc1cc([C@H]2C(C(=O)N3CCCCC3)=C(C)NC3=C2C(=O)CC(C)(C)C3)ccc1O. The maximum atomic E-state index is 13.7. The molecule has 1 amide bonds. The number of piperidine rings is 1. The largest absolute Gasteiger partial charge is 0.504 e. The van der Waals surface area contributed by atoms with Gasteiger partial charge < -0.3 is 20.1 Å². The first-order chi connectivity index (χ1) is 14.7. The molecule has 1 aromatic rings. The maximum Gasteiger partial charge on any atom is 0.252 e. The van der Waals surface area contributed by atoms with Gasteiger partial charge >= 0.3 is 0 Å². The molecule has 1 aliphatic carbocycles. The highest BCUT2D eigenvalue weighted by Gasteiger charge is 2.43. The standard InChI is InChI=1S/C25H32N2O4/c1-15-21(24(30)27-10-6-5-7-11-27)22(16-8-9-18(28)20(12-16)31-4)23-17(26-15)13-25(2,3)14-19(23)29/h8-9,12,22,26,28H,5-7,10-11,13-14H2,1-4H3/t22-/m0/s1. The molecular weight excluding hydrogens is 392 g/mol. The van der Waals surface area contributed by atoms with Gasteiger partial charge in [-0.05, 0) is 55.7 Å². The fourth-order valence-corrected chi connectivity index (χ4v) is 5.19. The van der Waals surface area contributed by atoms with Crippen molar-refractivity contribution in [3.63, 3.8) is 0 Å². The van der Waals surface area contributed by atoms with Gasteiger partial charge in [-0.2, -0.15) is 0 Å². The number of rotatable bonds is 3. The summed E-state index contributed by atoms with van der Waals surface area (Å²) in [5, 5.41) is 13.5. The van der Waals surface area contributed by atoms with E-state index in [1.165, 1.54) is 7.11 Å². The summed E-state index contributed by atoms with van der Waals surface area (Å²) in [6.07, 6.45) is 4.35. The van der Waals surface area contributed by atoms with E-state index in [0.29, 0.717) is 23.3 Å². The van der Waals surface area contributed by atoms with Crippen LogP contribution in [0.1, 0.15) is 64.4 Å². The molecule has 0 aromatic heterocycles. The predicted molar refractivity (Wildman–Crippen MR) is 119 cm³/mol. The van der Waals surface area contributed by atoms with Crippen LogP contribution in [0.25, 0.3) is 0 Å². The Morgan fingerprint density at radius 2 is 1.90 bits per heavy atom. The van der Waals surface area contributed by atoms with Crippen LogP contribution in [0, 0.1) is 5.41 Å². The summed E-state index contributed by atoms with van der Waals surface area (Å²) in [4.78, 5) is 29.0. The average Bonchev–Trinajstić information content (AvgIpc) is 2.72. The lowest BCUT2D eigenvalue weighted by atomic mass is 9.68. The molecule has 1 fully saturated rings. The third-order valence-corrected chi connectivity index (χ3v) is 6.65. The number of likely N-dealkylation sites (tertiary alicyclic amines) is 1. The number of benzene rings is 1. The number of phenolic OH excluding ortho intramolecular Hbond substituents is 1. The second-order valence-corrected chi connectivity index (χ2v) is 9.71. The average molecular weight is 425 g/mol. The van der Waals surface area contributed by atoms with E-state index < -0.39 is 5.92 Å². The molecule has 3 aliphatic rings. The molecule has 1 atom stereocenters. The van der Waals surface area contributed by atoms with Gasteiger partial charge in [-0.15, -0.1) is 0 Å². The van der Waals surface area contributed by atoms with Crippen molar-refractivity contribution >= 4 is 11.7 Å². The summed E-state index contributed by atoms with van der Waals surface area (Å²) in [5.74, 6) is -0.0266. The quantitative estimate of drug-likeness (QED) is 0.766. The number of dihydropyridines is 1. The monoisotopic (exact) mass is 424 g/mol. The molecule has 0 bridgehead atoms. The van der Waals surface area contributed by atoms with Gasteiger partial charge in [0.05, 0.1) is 7.11 Å². The highest BCUT2D eigenvalue weighted by atomic mass is 16.5. The molecule has 31 heavy (non-hydrogen) atoms. The maximum absolute atomic E-state index is 13.7. The number of carbonyl (C=O) groups excluding carboxylic acids is 2. The van der Waals surface area contributed by atoms with E-state index >= 15 is 0 Å². The number of carbonyl (C=O) groups is 2. The molecule has 1 aromatic carbocycles. The molecule has 4 rings (SSSR count). The van der Waals surface area contributed by atoms with Crippen LogP contribution in [0.3, 0.4) is 0 Å². The van der Waals surface area contributed by atoms with Crippen LogP contribution < -0.4 is 10.1 Å². The zero-order valence-corrected chi connectivity index (χ0v) is 18.9. The number of aromatic hydroxyl groups is 1. The van der Waals surface area contributed by atoms with Crippen molar-refractivity contribution in [3.8, 4) is 11.5 Å². The Morgan fingerprint density at radius 1 is 1.19 bits per heavy atom. The minimum atomic E-state index is -0.469. The lowest BCUT2D eigenvalue weighted by molar-refractivity contribution is -0.128. The van der Waals surface area contributed by atoms with E-state index in [2.05, 4.69) is 19.2 Å². The number of nitrogens with zero attached hydrogens (tertiary/aromatic N) is 1. The Morgan fingerprint density at radius 3 is 2.58 bits per heavy atom. The Balaban J connectivity index is 1.85. The molecule has 2 heterocycles. The second kappa shape index (κ2) is 8.06. The summed E-state index contributed by atoms with van der Waals surface area (Å²) in [7, 11) is 1.50. The van der Waals surface area contributed by atoms with Crippen molar-refractivity contribution in [2.45, 2.75) is 58.8 Å². The van der Waals surface area contributed by atoms with Gasteiger partial charge in [0.2, 0.25) is 0 Å². The number of methoxy groups -OCH3 is 1. The Hall–Kier alpha value is -2.76. The fourth-order valence-electron chi connectivity index (χ4n) is 5.19. The van der Waals surface area contributed by atoms with Gasteiger partial charge in [0.15, 0.2) is 17.3 Å². The number of ketones is 1. The summed E-state index contributed by atoms with van der Waals surface area (Å²) in [5.41, 5.74) is 3.67. The Bertz CT molecular complexity index is 983. The van der Waals surface area contributed by atoms with E-state index in [4.69, 9.17) is 4.74 Å². The van der Waals surface area contributed by atoms with Gasteiger partial charge in [-0.3, -0.25) is 9.59 Å². The van der Waals surface area contributed by atoms with Crippen LogP contribution >= 0.6 is 0 Å². The summed E-state index contributed by atoms with van der Waals surface area (Å²) in [6, 6.07) is 5.12. The van der Waals surface area contributed by atoms with Crippen molar-refractivity contribution in [2.24, 2.45) is 5.41 Å². The number of hydrogen-bond acceptors (Lipinski definition) is 5. The van der Waals surface area contributed by atoms with Gasteiger partial charge in [0.1, 0.15) is 0 Å². The van der Waals surface area contributed by atoms with Crippen LogP contribution in [0.15, 0.2) is 40.7 Å². The van der Waals surface area contributed by atoms with Crippen molar-refractivity contribution in [2.75, 3.05) is 20.2 Å². The lowest BCUT2D eigenvalue weighted by Crippen LogP contribution is -2.43. The molecular formula is C25H32N2O4. The molecule has 166 valence electrons. The number of hydrogen-bond donors (Lipinski definition) is 2. The number of ether oxygens (including phenoxy) is 1. The van der Waals surface area contributed by atoms with E-state index in [-0.39, 0.29) is 22.9 Å². The second-order valence-electron chi connectivity index (χ2n) is 9.71. The summed E-state index contributed by atoms with van der Waals surface area (Å²) < 4.78 is 5.33. The zero-order valence-electron chi connectivity index (χ0n) is 18.9. The normalized spacial score (nSPS) is 23.4. The van der Waals surface area contributed by atoms with Crippen LogP contribution in [0.2, 0.25) is 0 Å². The third-order valence-electron chi connectivity index (χ3n) is 6.65. The molecule has 0 radical (unpaired) electrons. The van der Waals surface area contributed by atoms with Crippen LogP contribution in [0.4, 0.5) is 0 Å². The predicted octanol–water partition coefficient (Wildman–Crippen LogP) is 4.02. The number of nitrogens with one attached hydrogen (secondary N) is 1. The van der Waals surface area contributed by atoms with Crippen LogP contribution in [-0.2, 0) is 9.59 Å². The molecule has 6 nitrogen and oxygen atoms in total. The Kier molecular flexibility index (Phi) is 5.58. The first-order valence-electron chi connectivity index (χ1n) is 11.1. The molecule has 0 unspecified atom stereocenters. The van der Waals surface area contributed by atoms with Gasteiger partial charge in [-0.25, -0.2) is 0 Å². The molecule has 6 heteroatoms. The minimum Gasteiger partial charge on any atom is -0.504 e. The van der Waals surface area contributed by atoms with Crippen LogP contribution in [-0.4, -0.2) is 41.9 Å². The van der Waals surface area contributed by atoms with Gasteiger partial charge in [0, 0.05) is 48.0 Å². The number of phenols is 1. The lowest BCUT2D eigenvalue weighted by Gasteiger charge is -2.41. The smallest absolute Gasteiger partial charge is 0.252 e. The highest BCUT2D eigenvalue weighted by Crippen LogP contribution is 2.48. The number of amides is 1. The number of allylic oxidation sites excluding steroid dienone is 3. The van der Waals surface area contributed by atoms with Crippen LogP contribution in [0.5, 0.6) is 11.5 Å². The Labute approximate surface area is 184 Å². The van der Waals surface area contributed by atoms with E-state index in [9.17, 15) is 14.7 Å². The third kappa shape index (κ3) is 3.95.